The number of aromatic nitrogens is 3. The van der Waals surface area contributed by atoms with Crippen molar-refractivity contribution in [1.29, 1.82) is 0 Å². The first-order chi connectivity index (χ1) is 14.1. The largest absolute Gasteiger partial charge is 0.362 e. The standard InChI is InChI=1S/C23H30N6/c1-17-13-22-21(7-8-23-25-24-18(2)29(22)23)28(17)16-20-6-4-5-19(14-20)15-27-11-9-26(3)10-12-27/h4-8,13-14,21-22H,9-12,15-16H2,1-3H3. The van der Waals surface area contributed by atoms with Crippen molar-refractivity contribution in [2.75, 3.05) is 33.2 Å². The molecule has 0 saturated carbocycles. The van der Waals surface area contributed by atoms with Crippen LogP contribution in [0.2, 0.25) is 0 Å². The lowest BCUT2D eigenvalue weighted by atomic mass is 10.0. The monoisotopic (exact) mass is 390 g/mol. The van der Waals surface area contributed by atoms with Crippen LogP contribution >= 0.6 is 0 Å². The highest BCUT2D eigenvalue weighted by molar-refractivity contribution is 5.48. The Morgan fingerprint density at radius 2 is 1.72 bits per heavy atom. The van der Waals surface area contributed by atoms with Crippen LogP contribution in [0.1, 0.15) is 35.7 Å². The molecule has 1 aromatic carbocycles. The van der Waals surface area contributed by atoms with E-state index >= 15 is 0 Å². The minimum absolute atomic E-state index is 0.290. The second kappa shape index (κ2) is 7.43. The van der Waals surface area contributed by atoms with E-state index in [4.69, 9.17) is 0 Å². The average molecular weight is 391 g/mol. The van der Waals surface area contributed by atoms with Crippen molar-refractivity contribution in [3.05, 3.63) is 64.9 Å². The molecule has 6 nitrogen and oxygen atoms in total. The molecule has 0 N–H and O–H groups in total. The van der Waals surface area contributed by atoms with Crippen LogP contribution in [0.25, 0.3) is 6.08 Å². The van der Waals surface area contributed by atoms with Crippen molar-refractivity contribution in [1.82, 2.24) is 29.5 Å². The Balaban J connectivity index is 1.31. The summed E-state index contributed by atoms with van der Waals surface area (Å²) in [6, 6.07) is 9.75. The summed E-state index contributed by atoms with van der Waals surface area (Å²) in [6.07, 6.45) is 6.77. The van der Waals surface area contributed by atoms with E-state index in [0.29, 0.717) is 12.1 Å². The molecule has 0 radical (unpaired) electrons. The van der Waals surface area contributed by atoms with Gasteiger partial charge in [0, 0.05) is 45.0 Å². The van der Waals surface area contributed by atoms with Gasteiger partial charge in [-0.2, -0.15) is 0 Å². The Kier molecular flexibility index (Phi) is 4.76. The predicted molar refractivity (Wildman–Crippen MR) is 115 cm³/mol. The summed E-state index contributed by atoms with van der Waals surface area (Å²) >= 11 is 0. The van der Waals surface area contributed by atoms with Crippen LogP contribution in [0.3, 0.4) is 0 Å². The molecule has 0 bridgehead atoms. The fourth-order valence-electron chi connectivity index (χ4n) is 4.88. The van der Waals surface area contributed by atoms with Gasteiger partial charge in [0.05, 0.1) is 12.1 Å². The molecule has 5 rings (SSSR count). The molecule has 1 fully saturated rings. The zero-order chi connectivity index (χ0) is 20.0. The van der Waals surface area contributed by atoms with Gasteiger partial charge in [0.2, 0.25) is 0 Å². The Morgan fingerprint density at radius 1 is 0.966 bits per heavy atom. The third-order valence-corrected chi connectivity index (χ3v) is 6.55. The van der Waals surface area contributed by atoms with Gasteiger partial charge in [-0.3, -0.25) is 4.90 Å². The molecule has 0 aliphatic carbocycles. The third-order valence-electron chi connectivity index (χ3n) is 6.55. The van der Waals surface area contributed by atoms with Crippen molar-refractivity contribution in [2.24, 2.45) is 0 Å². The number of nitrogens with zero attached hydrogens (tertiary/aromatic N) is 6. The van der Waals surface area contributed by atoms with Crippen molar-refractivity contribution in [3.63, 3.8) is 0 Å². The van der Waals surface area contributed by atoms with Gasteiger partial charge in [-0.1, -0.05) is 30.3 Å². The summed E-state index contributed by atoms with van der Waals surface area (Å²) in [5.41, 5.74) is 4.13. The predicted octanol–water partition coefficient (Wildman–Crippen LogP) is 2.69. The van der Waals surface area contributed by atoms with E-state index in [0.717, 1.165) is 50.9 Å². The molecule has 1 saturated heterocycles. The fraction of sp³-hybridized carbons (Fsp3) is 0.478. The highest BCUT2D eigenvalue weighted by atomic mass is 15.3. The van der Waals surface area contributed by atoms with Crippen LogP contribution in [-0.2, 0) is 13.1 Å². The first kappa shape index (κ1) is 18.6. The lowest BCUT2D eigenvalue weighted by Gasteiger charge is -2.33. The van der Waals surface area contributed by atoms with Gasteiger partial charge < -0.3 is 14.4 Å². The summed E-state index contributed by atoms with van der Waals surface area (Å²) < 4.78 is 2.26. The SMILES string of the molecule is CC1=CC2C(C=Cc3nnc(C)n32)N1Cc1cccc(CN2CCN(C)CC2)c1. The summed E-state index contributed by atoms with van der Waals surface area (Å²) in [5.74, 6) is 1.95. The number of likely N-dealkylation sites (N-methyl/N-ethyl adjacent to an activating group) is 1. The molecule has 0 spiro atoms. The van der Waals surface area contributed by atoms with Gasteiger partial charge in [0.25, 0.3) is 0 Å². The molecule has 6 heteroatoms. The highest BCUT2D eigenvalue weighted by Crippen LogP contribution is 2.37. The van der Waals surface area contributed by atoms with Crippen LogP contribution in [-0.4, -0.2) is 68.7 Å². The molecule has 3 aliphatic rings. The molecule has 1 aromatic heterocycles. The minimum Gasteiger partial charge on any atom is -0.362 e. The Hall–Kier alpha value is -2.44. The molecule has 0 amide bonds. The van der Waals surface area contributed by atoms with Crippen LogP contribution in [0.15, 0.2) is 42.1 Å². The van der Waals surface area contributed by atoms with E-state index in [1.807, 2.05) is 6.92 Å². The normalized spacial score (nSPS) is 24.5. The van der Waals surface area contributed by atoms with Crippen LogP contribution in [0.5, 0.6) is 0 Å². The molecule has 2 unspecified atom stereocenters. The second-order valence-corrected chi connectivity index (χ2v) is 8.65. The summed E-state index contributed by atoms with van der Waals surface area (Å²) in [7, 11) is 2.21. The Bertz CT molecular complexity index is 950. The molecule has 3 aliphatic heterocycles. The number of allylic oxidation sites excluding steroid dienone is 1. The average Bonchev–Trinajstić information content (AvgIpc) is 3.24. The number of aryl methyl sites for hydroxylation is 1. The smallest absolute Gasteiger partial charge is 0.157 e. The summed E-state index contributed by atoms with van der Waals surface area (Å²) in [5, 5.41) is 8.56. The van der Waals surface area contributed by atoms with Gasteiger partial charge in [-0.05, 0) is 44.2 Å². The molecule has 4 heterocycles. The third kappa shape index (κ3) is 3.51. The van der Waals surface area contributed by atoms with Crippen LogP contribution in [0.4, 0.5) is 0 Å². The second-order valence-electron chi connectivity index (χ2n) is 8.65. The van der Waals surface area contributed by atoms with Gasteiger partial charge in [0.15, 0.2) is 5.82 Å². The number of hydrogen-bond acceptors (Lipinski definition) is 5. The van der Waals surface area contributed by atoms with Crippen molar-refractivity contribution < 1.29 is 0 Å². The van der Waals surface area contributed by atoms with Crippen LogP contribution in [0, 0.1) is 6.92 Å². The van der Waals surface area contributed by atoms with Gasteiger partial charge in [-0.25, -0.2) is 0 Å². The molecule has 2 atom stereocenters. The van der Waals surface area contributed by atoms with Gasteiger partial charge in [-0.15, -0.1) is 10.2 Å². The lowest BCUT2D eigenvalue weighted by Crippen LogP contribution is -2.43. The first-order valence-electron chi connectivity index (χ1n) is 10.6. The highest BCUT2D eigenvalue weighted by Gasteiger charge is 2.36. The summed E-state index contributed by atoms with van der Waals surface area (Å²) in [6.45, 7) is 10.9. The number of rotatable bonds is 4. The van der Waals surface area contributed by atoms with E-state index in [9.17, 15) is 0 Å². The number of piperazine rings is 1. The summed E-state index contributed by atoms with van der Waals surface area (Å²) in [4.78, 5) is 7.49. The van der Waals surface area contributed by atoms with E-state index in [-0.39, 0.29) is 0 Å². The fourth-order valence-corrected chi connectivity index (χ4v) is 4.88. The molecular formula is C23H30N6. The number of hydrogen-bond donors (Lipinski definition) is 0. The van der Waals surface area contributed by atoms with Crippen molar-refractivity contribution in [3.8, 4) is 0 Å². The van der Waals surface area contributed by atoms with E-state index < -0.39 is 0 Å². The van der Waals surface area contributed by atoms with Crippen LogP contribution < -0.4 is 0 Å². The van der Waals surface area contributed by atoms with E-state index in [1.54, 1.807) is 0 Å². The quantitative estimate of drug-likeness (QED) is 0.803. The first-order valence-corrected chi connectivity index (χ1v) is 10.6. The maximum absolute atomic E-state index is 4.29. The maximum atomic E-state index is 4.29. The molecule has 152 valence electrons. The number of fused-ring (bicyclic) bond motifs is 3. The topological polar surface area (TPSA) is 40.4 Å². The zero-order valence-electron chi connectivity index (χ0n) is 17.6. The van der Waals surface area contributed by atoms with Gasteiger partial charge >= 0.3 is 0 Å². The van der Waals surface area contributed by atoms with E-state index in [1.165, 1.54) is 16.8 Å². The Morgan fingerprint density at radius 3 is 2.52 bits per heavy atom. The van der Waals surface area contributed by atoms with Crippen molar-refractivity contribution in [2.45, 2.75) is 39.0 Å². The minimum atomic E-state index is 0.290. The lowest BCUT2D eigenvalue weighted by molar-refractivity contribution is 0.148. The maximum Gasteiger partial charge on any atom is 0.157 e. The zero-order valence-corrected chi connectivity index (χ0v) is 17.6. The van der Waals surface area contributed by atoms with E-state index in [2.05, 4.69) is 85.9 Å². The van der Waals surface area contributed by atoms with Gasteiger partial charge in [0.1, 0.15) is 5.82 Å². The number of benzene rings is 1. The molecule has 29 heavy (non-hydrogen) atoms. The molecule has 2 aromatic rings. The van der Waals surface area contributed by atoms with Crippen molar-refractivity contribution >= 4 is 6.08 Å². The molecular weight excluding hydrogens is 360 g/mol. The Labute approximate surface area is 173 Å².